The maximum atomic E-state index is 12.1. The molecule has 21 heavy (non-hydrogen) atoms. The molecule has 0 aromatic rings. The maximum Gasteiger partial charge on any atom is 0.227 e. The maximum absolute atomic E-state index is 12.1. The Hall–Kier alpha value is -0.840. The van der Waals surface area contributed by atoms with Crippen LogP contribution in [0.1, 0.15) is 6.42 Å². The molecule has 1 amide bonds. The molecular formula is C16H20ClNOS2. The summed E-state index contributed by atoms with van der Waals surface area (Å²) in [5.41, 5.74) is 0.741. The Bertz CT molecular complexity index is 491. The number of thioether (sulfide) groups is 2. The molecule has 0 unspecified atom stereocenters. The highest BCUT2D eigenvalue weighted by Gasteiger charge is 2.17. The van der Waals surface area contributed by atoms with Gasteiger partial charge in [0, 0.05) is 34.5 Å². The van der Waals surface area contributed by atoms with Gasteiger partial charge >= 0.3 is 0 Å². The van der Waals surface area contributed by atoms with Crippen molar-refractivity contribution >= 4 is 41.0 Å². The quantitative estimate of drug-likeness (QED) is 0.632. The molecule has 114 valence electrons. The van der Waals surface area contributed by atoms with Crippen LogP contribution in [0.4, 0.5) is 0 Å². The summed E-state index contributed by atoms with van der Waals surface area (Å²) in [5, 5.41) is 0.436. The van der Waals surface area contributed by atoms with Gasteiger partial charge < -0.3 is 4.90 Å². The van der Waals surface area contributed by atoms with E-state index in [9.17, 15) is 4.79 Å². The van der Waals surface area contributed by atoms with Crippen molar-refractivity contribution in [2.75, 3.05) is 24.6 Å². The minimum Gasteiger partial charge on any atom is -0.341 e. The molecule has 0 aromatic carbocycles. The minimum atomic E-state index is 0.135. The standard InChI is InChI=1S/C16H20ClNOS2/c1-12(5-6-13(2)17)15(4)21-14(3)11-16(19)18-7-9-20-10-8-18/h5-6H,1-4,7-11H2/b6-5-. The number of hydrogen-bond acceptors (Lipinski definition) is 3. The lowest BCUT2D eigenvalue weighted by Crippen LogP contribution is -2.37. The van der Waals surface area contributed by atoms with Crippen LogP contribution >= 0.6 is 35.1 Å². The van der Waals surface area contributed by atoms with Gasteiger partial charge in [0.05, 0.1) is 6.42 Å². The first-order valence-electron chi connectivity index (χ1n) is 6.52. The van der Waals surface area contributed by atoms with Crippen LogP contribution < -0.4 is 0 Å². The molecule has 1 fully saturated rings. The summed E-state index contributed by atoms with van der Waals surface area (Å²) >= 11 is 8.93. The summed E-state index contributed by atoms with van der Waals surface area (Å²) in [5.74, 6) is 2.17. The van der Waals surface area contributed by atoms with Gasteiger partial charge in [0.25, 0.3) is 0 Å². The molecule has 1 rings (SSSR count). The third kappa shape index (κ3) is 7.11. The third-order valence-corrected chi connectivity index (χ3v) is 4.81. The molecule has 0 spiro atoms. The first-order chi connectivity index (χ1) is 9.90. The molecule has 0 atom stereocenters. The van der Waals surface area contributed by atoms with Crippen LogP contribution in [0, 0.1) is 0 Å². The highest BCUT2D eigenvalue weighted by atomic mass is 35.5. The van der Waals surface area contributed by atoms with Gasteiger partial charge in [0.15, 0.2) is 0 Å². The molecule has 0 N–H and O–H groups in total. The van der Waals surface area contributed by atoms with Gasteiger partial charge in [-0.3, -0.25) is 4.79 Å². The molecule has 1 aliphatic rings. The minimum absolute atomic E-state index is 0.135. The second-order valence-electron chi connectivity index (χ2n) is 4.54. The van der Waals surface area contributed by atoms with Crippen molar-refractivity contribution in [3.05, 3.63) is 58.9 Å². The van der Waals surface area contributed by atoms with Crippen molar-refractivity contribution in [1.29, 1.82) is 0 Å². The third-order valence-electron chi connectivity index (χ3n) is 2.80. The van der Waals surface area contributed by atoms with Crippen molar-refractivity contribution in [1.82, 2.24) is 4.90 Å². The van der Waals surface area contributed by atoms with Crippen molar-refractivity contribution in [2.24, 2.45) is 0 Å². The Balaban J connectivity index is 2.42. The lowest BCUT2D eigenvalue weighted by atomic mass is 10.3. The molecule has 1 saturated heterocycles. The molecule has 1 aliphatic heterocycles. The van der Waals surface area contributed by atoms with E-state index in [1.54, 1.807) is 12.2 Å². The van der Waals surface area contributed by atoms with Gasteiger partial charge in [0.2, 0.25) is 5.91 Å². The fourth-order valence-corrected chi connectivity index (χ4v) is 3.36. The fraction of sp³-hybridized carbons (Fsp3) is 0.312. The second-order valence-corrected chi connectivity index (χ2v) is 7.52. The summed E-state index contributed by atoms with van der Waals surface area (Å²) in [6.07, 6.45) is 3.75. The van der Waals surface area contributed by atoms with Gasteiger partial charge in [-0.15, -0.1) is 0 Å². The van der Waals surface area contributed by atoms with Crippen LogP contribution in [-0.2, 0) is 4.79 Å². The second kappa shape index (κ2) is 9.23. The van der Waals surface area contributed by atoms with Crippen LogP contribution in [0.15, 0.2) is 58.9 Å². The SMILES string of the molecule is C=C(Cl)/C=C\C(=C)C(=C)SC(=C)CC(=O)N1CCSCC1. The van der Waals surface area contributed by atoms with E-state index < -0.39 is 0 Å². The van der Waals surface area contributed by atoms with E-state index in [1.165, 1.54) is 11.8 Å². The zero-order valence-electron chi connectivity index (χ0n) is 12.1. The van der Waals surface area contributed by atoms with E-state index in [2.05, 4.69) is 26.3 Å². The predicted octanol–water partition coefficient (Wildman–Crippen LogP) is 4.58. The molecule has 0 bridgehead atoms. The summed E-state index contributed by atoms with van der Waals surface area (Å²) in [7, 11) is 0. The predicted molar refractivity (Wildman–Crippen MR) is 97.7 cm³/mol. The molecule has 0 radical (unpaired) electrons. The summed E-state index contributed by atoms with van der Waals surface area (Å²) in [6.45, 7) is 17.0. The molecule has 2 nitrogen and oxygen atoms in total. The number of nitrogens with zero attached hydrogens (tertiary/aromatic N) is 1. The monoisotopic (exact) mass is 341 g/mol. The average molecular weight is 342 g/mol. The number of rotatable bonds is 7. The van der Waals surface area contributed by atoms with Crippen LogP contribution in [0.25, 0.3) is 0 Å². The number of amides is 1. The first-order valence-corrected chi connectivity index (χ1v) is 8.87. The van der Waals surface area contributed by atoms with E-state index >= 15 is 0 Å². The van der Waals surface area contributed by atoms with Crippen molar-refractivity contribution in [3.63, 3.8) is 0 Å². The van der Waals surface area contributed by atoms with Crippen LogP contribution in [0.2, 0.25) is 0 Å². The lowest BCUT2D eigenvalue weighted by molar-refractivity contribution is -0.129. The van der Waals surface area contributed by atoms with Crippen molar-refractivity contribution < 1.29 is 4.79 Å². The summed E-state index contributed by atoms with van der Waals surface area (Å²) in [6, 6.07) is 0. The molecular weight excluding hydrogens is 322 g/mol. The van der Waals surface area contributed by atoms with Gasteiger partial charge in [-0.25, -0.2) is 0 Å². The van der Waals surface area contributed by atoms with E-state index in [1.807, 2.05) is 16.7 Å². The highest BCUT2D eigenvalue weighted by molar-refractivity contribution is 8.06. The normalized spacial score (nSPS) is 15.0. The number of allylic oxidation sites excluding steroid dienone is 4. The first kappa shape index (κ1) is 18.2. The number of hydrogen-bond donors (Lipinski definition) is 0. The molecule has 5 heteroatoms. The smallest absolute Gasteiger partial charge is 0.227 e. The Labute approximate surface area is 140 Å². The topological polar surface area (TPSA) is 20.3 Å². The van der Waals surface area contributed by atoms with Crippen LogP contribution in [0.3, 0.4) is 0 Å². The van der Waals surface area contributed by atoms with Crippen LogP contribution in [0.5, 0.6) is 0 Å². The van der Waals surface area contributed by atoms with E-state index in [4.69, 9.17) is 11.6 Å². The van der Waals surface area contributed by atoms with Crippen molar-refractivity contribution in [3.8, 4) is 0 Å². The number of halogens is 1. The molecule has 0 aliphatic carbocycles. The molecule has 1 heterocycles. The van der Waals surface area contributed by atoms with Crippen molar-refractivity contribution in [2.45, 2.75) is 6.42 Å². The van der Waals surface area contributed by atoms with Gasteiger partial charge in [-0.05, 0) is 16.6 Å². The van der Waals surface area contributed by atoms with Gasteiger partial charge in [-0.1, -0.05) is 55.8 Å². The Morgan fingerprint density at radius 1 is 1.19 bits per heavy atom. The fourth-order valence-electron chi connectivity index (χ4n) is 1.65. The Kier molecular flexibility index (Phi) is 8.01. The zero-order chi connectivity index (χ0) is 15.8. The average Bonchev–Trinajstić information content (AvgIpc) is 2.45. The van der Waals surface area contributed by atoms with E-state index in [0.29, 0.717) is 11.5 Å². The highest BCUT2D eigenvalue weighted by Crippen LogP contribution is 2.31. The van der Waals surface area contributed by atoms with E-state index in [0.717, 1.165) is 40.0 Å². The summed E-state index contributed by atoms with van der Waals surface area (Å²) < 4.78 is 0. The number of carbonyl (C=O) groups excluding carboxylic acids is 1. The van der Waals surface area contributed by atoms with E-state index in [-0.39, 0.29) is 5.91 Å². The number of carbonyl (C=O) groups is 1. The molecule has 0 saturated carbocycles. The summed E-state index contributed by atoms with van der Waals surface area (Å²) in [4.78, 5) is 15.6. The van der Waals surface area contributed by atoms with Gasteiger partial charge in [-0.2, -0.15) is 11.8 Å². The largest absolute Gasteiger partial charge is 0.341 e. The lowest BCUT2D eigenvalue weighted by Gasteiger charge is -2.26. The zero-order valence-corrected chi connectivity index (χ0v) is 14.5. The Morgan fingerprint density at radius 3 is 2.38 bits per heavy atom. The molecule has 0 aromatic heterocycles. The van der Waals surface area contributed by atoms with Crippen LogP contribution in [-0.4, -0.2) is 35.4 Å². The Morgan fingerprint density at radius 2 is 1.81 bits per heavy atom. The van der Waals surface area contributed by atoms with Gasteiger partial charge in [0.1, 0.15) is 0 Å².